The minimum atomic E-state index is -3.85. The van der Waals surface area contributed by atoms with Crippen molar-refractivity contribution in [1.29, 1.82) is 0 Å². The van der Waals surface area contributed by atoms with Gasteiger partial charge in [-0.1, -0.05) is 24.3 Å². The maximum absolute atomic E-state index is 12.8. The highest BCUT2D eigenvalue weighted by molar-refractivity contribution is 7.92. The fourth-order valence-electron chi connectivity index (χ4n) is 2.97. The summed E-state index contributed by atoms with van der Waals surface area (Å²) in [7, 11) is -3.85. The molecule has 8 nitrogen and oxygen atoms in total. The molecule has 10 heteroatoms. The molecule has 1 aromatic heterocycles. The maximum Gasteiger partial charge on any atom is 0.261 e. The van der Waals surface area contributed by atoms with Gasteiger partial charge in [-0.2, -0.15) is 5.10 Å². The molecule has 0 unspecified atom stereocenters. The number of carbonyl (C=O) groups is 1. The van der Waals surface area contributed by atoms with E-state index in [-0.39, 0.29) is 17.0 Å². The van der Waals surface area contributed by atoms with Crippen LogP contribution in [0.4, 0.5) is 5.69 Å². The Labute approximate surface area is 180 Å². The van der Waals surface area contributed by atoms with Crippen LogP contribution in [-0.4, -0.2) is 29.1 Å². The second kappa shape index (κ2) is 8.80. The number of nitrogens with one attached hydrogen (secondary N) is 3. The molecule has 0 aliphatic rings. The fourth-order valence-corrected chi connectivity index (χ4v) is 4.41. The van der Waals surface area contributed by atoms with Gasteiger partial charge in [0.2, 0.25) is 0 Å². The van der Waals surface area contributed by atoms with Gasteiger partial charge in [-0.15, -0.1) is 0 Å². The number of para-hydroxylation sites is 1. The van der Waals surface area contributed by atoms with Crippen molar-refractivity contribution in [1.82, 2.24) is 20.1 Å². The van der Waals surface area contributed by atoms with Crippen LogP contribution in [0.1, 0.15) is 34.2 Å². The molecular formula is C20H23N5O3S2. The highest BCUT2D eigenvalue weighted by atomic mass is 32.2. The summed E-state index contributed by atoms with van der Waals surface area (Å²) < 4.78 is 30.5. The predicted molar refractivity (Wildman–Crippen MR) is 117 cm³/mol. The molecule has 0 saturated heterocycles. The highest BCUT2D eigenvalue weighted by Crippen LogP contribution is 2.21. The summed E-state index contributed by atoms with van der Waals surface area (Å²) in [6.07, 6.45) is 0. The number of hydrogen-bond acceptors (Lipinski definition) is 5. The smallest absolute Gasteiger partial charge is 0.261 e. The molecule has 0 saturated carbocycles. The summed E-state index contributed by atoms with van der Waals surface area (Å²) in [6.45, 7) is 6.28. The molecule has 0 bridgehead atoms. The van der Waals surface area contributed by atoms with Crippen LogP contribution in [0.3, 0.4) is 0 Å². The number of aromatic nitrogens is 3. The van der Waals surface area contributed by atoms with Gasteiger partial charge >= 0.3 is 0 Å². The molecule has 0 spiro atoms. The second-order valence-corrected chi connectivity index (χ2v) is 8.84. The molecule has 0 fully saturated rings. The Morgan fingerprint density at radius 1 is 1.17 bits per heavy atom. The third-order valence-electron chi connectivity index (χ3n) is 4.71. The van der Waals surface area contributed by atoms with E-state index in [9.17, 15) is 13.2 Å². The molecule has 0 atom stereocenters. The van der Waals surface area contributed by atoms with Crippen molar-refractivity contribution in [3.8, 4) is 0 Å². The van der Waals surface area contributed by atoms with Gasteiger partial charge in [-0.05, 0) is 62.3 Å². The molecule has 1 amide bonds. The first kappa shape index (κ1) is 21.7. The van der Waals surface area contributed by atoms with Crippen LogP contribution in [0, 0.1) is 18.6 Å². The minimum Gasteiger partial charge on any atom is -0.345 e. The first-order chi connectivity index (χ1) is 14.2. The van der Waals surface area contributed by atoms with Crippen molar-refractivity contribution in [2.45, 2.75) is 38.8 Å². The quantitative estimate of drug-likeness (QED) is 0.484. The number of nitrogens with zero attached hydrogens (tertiary/aromatic N) is 2. The van der Waals surface area contributed by atoms with Crippen LogP contribution >= 0.6 is 12.2 Å². The van der Waals surface area contributed by atoms with E-state index >= 15 is 0 Å². The Morgan fingerprint density at radius 3 is 2.60 bits per heavy atom. The largest absolute Gasteiger partial charge is 0.345 e. The van der Waals surface area contributed by atoms with E-state index in [1.807, 2.05) is 26.0 Å². The number of carbonyl (C=O) groups excluding carboxylic acids is 1. The number of amides is 1. The maximum atomic E-state index is 12.8. The van der Waals surface area contributed by atoms with Crippen LogP contribution in [-0.2, 0) is 23.1 Å². The Morgan fingerprint density at radius 2 is 1.90 bits per heavy atom. The van der Waals surface area contributed by atoms with Gasteiger partial charge in [0.05, 0.1) is 17.1 Å². The summed E-state index contributed by atoms with van der Waals surface area (Å²) in [4.78, 5) is 12.7. The summed E-state index contributed by atoms with van der Waals surface area (Å²) >= 11 is 5.15. The van der Waals surface area contributed by atoms with Gasteiger partial charge in [-0.25, -0.2) is 8.42 Å². The number of rotatable bonds is 7. The van der Waals surface area contributed by atoms with Crippen molar-refractivity contribution < 1.29 is 13.2 Å². The van der Waals surface area contributed by atoms with Gasteiger partial charge in [0, 0.05) is 12.1 Å². The van der Waals surface area contributed by atoms with Crippen LogP contribution < -0.4 is 10.0 Å². The number of H-pyrrole nitrogens is 1. The lowest BCUT2D eigenvalue weighted by atomic mass is 10.1. The van der Waals surface area contributed by atoms with Gasteiger partial charge in [0.25, 0.3) is 15.9 Å². The zero-order valence-electron chi connectivity index (χ0n) is 16.9. The van der Waals surface area contributed by atoms with E-state index in [1.165, 1.54) is 12.1 Å². The fraction of sp³-hybridized carbons (Fsp3) is 0.250. The highest BCUT2D eigenvalue weighted by Gasteiger charge is 2.19. The summed E-state index contributed by atoms with van der Waals surface area (Å²) in [6, 6.07) is 11.6. The number of hydrogen-bond donors (Lipinski definition) is 3. The number of benzene rings is 2. The van der Waals surface area contributed by atoms with E-state index in [0.29, 0.717) is 28.4 Å². The van der Waals surface area contributed by atoms with E-state index in [2.05, 4.69) is 20.2 Å². The molecular weight excluding hydrogens is 422 g/mol. The molecule has 0 radical (unpaired) electrons. The van der Waals surface area contributed by atoms with Crippen LogP contribution in [0.15, 0.2) is 47.4 Å². The van der Waals surface area contributed by atoms with Gasteiger partial charge in [0.1, 0.15) is 0 Å². The van der Waals surface area contributed by atoms with E-state index < -0.39 is 15.9 Å². The van der Waals surface area contributed by atoms with E-state index in [4.69, 9.17) is 12.2 Å². The third kappa shape index (κ3) is 4.60. The molecule has 3 N–H and O–H groups in total. The normalized spacial score (nSPS) is 11.3. The second-order valence-electron chi connectivity index (χ2n) is 6.77. The first-order valence-corrected chi connectivity index (χ1v) is 11.2. The lowest BCUT2D eigenvalue weighted by Gasteiger charge is -2.13. The summed E-state index contributed by atoms with van der Waals surface area (Å²) in [5.41, 5.74) is 2.23. The Bertz CT molecular complexity index is 1250. The minimum absolute atomic E-state index is 0.0118. The number of aromatic amines is 1. The zero-order chi connectivity index (χ0) is 21.9. The van der Waals surface area contributed by atoms with Gasteiger partial charge in [-0.3, -0.25) is 14.6 Å². The first-order valence-electron chi connectivity index (χ1n) is 9.34. The molecule has 3 rings (SSSR count). The van der Waals surface area contributed by atoms with Gasteiger partial charge < -0.3 is 9.88 Å². The average Bonchev–Trinajstić information content (AvgIpc) is 3.07. The Kier molecular flexibility index (Phi) is 6.37. The van der Waals surface area contributed by atoms with Crippen LogP contribution in [0.5, 0.6) is 0 Å². The monoisotopic (exact) mass is 445 g/mol. The number of aryl methyl sites for hydroxylation is 2. The molecule has 2 aromatic carbocycles. The van der Waals surface area contributed by atoms with E-state index in [1.54, 1.807) is 29.7 Å². The topological polar surface area (TPSA) is 109 Å². The molecule has 3 aromatic rings. The predicted octanol–water partition coefficient (Wildman–Crippen LogP) is 3.31. The molecule has 30 heavy (non-hydrogen) atoms. The Hall–Kier alpha value is -2.98. The van der Waals surface area contributed by atoms with Crippen molar-refractivity contribution in [2.75, 3.05) is 4.72 Å². The SMILES string of the molecule is CCn1c(CNC(=O)c2cc(S(=O)(=O)Nc3ccccc3C)ccc2C)n[nH]c1=S. The lowest BCUT2D eigenvalue weighted by Crippen LogP contribution is -2.26. The van der Waals surface area contributed by atoms with Crippen LogP contribution in [0.25, 0.3) is 0 Å². The van der Waals surface area contributed by atoms with Gasteiger partial charge in [0.15, 0.2) is 10.6 Å². The lowest BCUT2D eigenvalue weighted by molar-refractivity contribution is 0.0948. The molecule has 158 valence electrons. The van der Waals surface area contributed by atoms with Crippen molar-refractivity contribution in [3.63, 3.8) is 0 Å². The zero-order valence-corrected chi connectivity index (χ0v) is 18.5. The van der Waals surface area contributed by atoms with Crippen LogP contribution in [0.2, 0.25) is 0 Å². The molecule has 0 aliphatic heterocycles. The van der Waals surface area contributed by atoms with Crippen molar-refractivity contribution in [2.24, 2.45) is 0 Å². The molecule has 1 heterocycles. The van der Waals surface area contributed by atoms with E-state index in [0.717, 1.165) is 5.56 Å². The average molecular weight is 446 g/mol. The third-order valence-corrected chi connectivity index (χ3v) is 6.39. The standard InChI is InChI=1S/C20H23N5O3S2/c1-4-25-18(22-23-20(25)29)12-21-19(26)16-11-15(10-9-13(16)2)30(27,28)24-17-8-6-5-7-14(17)3/h5-11,24H,4,12H2,1-3H3,(H,21,26)(H,23,29). The number of sulfonamides is 1. The Balaban J connectivity index is 1.83. The van der Waals surface area contributed by atoms with Crippen molar-refractivity contribution in [3.05, 3.63) is 69.8 Å². The molecule has 0 aliphatic carbocycles. The summed E-state index contributed by atoms with van der Waals surface area (Å²) in [5.74, 6) is 0.204. The van der Waals surface area contributed by atoms with Crippen molar-refractivity contribution >= 4 is 33.8 Å². The number of anilines is 1. The summed E-state index contributed by atoms with van der Waals surface area (Å²) in [5, 5.41) is 9.59.